The first kappa shape index (κ1) is 39.3. The van der Waals surface area contributed by atoms with E-state index < -0.39 is 23.9 Å². The fourth-order valence-electron chi connectivity index (χ4n) is 9.45. The lowest BCUT2D eigenvalue weighted by Crippen LogP contribution is -2.55. The molecule has 0 spiro atoms. The van der Waals surface area contributed by atoms with Crippen LogP contribution in [-0.2, 0) is 16.1 Å². The fourth-order valence-corrected chi connectivity index (χ4v) is 9.45. The SMILES string of the molecule is N#Cc1c(N2CC[C@H](F)C2)ccc(F)c1Oc1ccc2ncn(-c3ccc(N4CCN(CC5CN(c6ccc7c(c6)CN([C@H]6CCC(=O)NC6=O)C7=O)C5)CC4)cc3)c(=O)c2c1. The Morgan fingerprint density at radius 1 is 0.823 bits per heavy atom. The van der Waals surface area contributed by atoms with Crippen LogP contribution in [0.3, 0.4) is 0 Å². The molecular formula is C46H43F2N9O5. The maximum atomic E-state index is 15.1. The van der Waals surface area contributed by atoms with Gasteiger partial charge in [0, 0.05) is 94.7 Å². The number of alkyl halides is 1. The second-order valence-corrected chi connectivity index (χ2v) is 16.7. The zero-order valence-electron chi connectivity index (χ0n) is 33.8. The lowest BCUT2D eigenvalue weighted by Gasteiger charge is -2.45. The first-order valence-electron chi connectivity index (χ1n) is 21.0. The van der Waals surface area contributed by atoms with Crippen molar-refractivity contribution < 1.29 is 27.9 Å². The Balaban J connectivity index is 0.740. The molecule has 0 radical (unpaired) electrons. The van der Waals surface area contributed by atoms with Gasteiger partial charge in [0.25, 0.3) is 11.5 Å². The third-order valence-electron chi connectivity index (χ3n) is 12.8. The molecule has 5 aliphatic rings. The highest BCUT2D eigenvalue weighted by Gasteiger charge is 2.40. The second kappa shape index (κ2) is 15.9. The third kappa shape index (κ3) is 7.25. The molecule has 3 amide bonds. The summed E-state index contributed by atoms with van der Waals surface area (Å²) in [5, 5.41) is 12.6. The van der Waals surface area contributed by atoms with E-state index in [2.05, 4.69) is 31.1 Å². The van der Waals surface area contributed by atoms with Crippen molar-refractivity contribution in [3.05, 3.63) is 112 Å². The van der Waals surface area contributed by atoms with Crippen LogP contribution in [0, 0.1) is 23.1 Å². The van der Waals surface area contributed by atoms with Gasteiger partial charge in [-0.25, -0.2) is 13.8 Å². The topological polar surface area (TPSA) is 147 Å². The number of carbonyl (C=O) groups is 3. The van der Waals surface area contributed by atoms with E-state index in [1.165, 1.54) is 29.1 Å². The molecule has 14 nitrogen and oxygen atoms in total. The van der Waals surface area contributed by atoms with Crippen molar-refractivity contribution in [2.75, 3.05) is 73.6 Å². The summed E-state index contributed by atoms with van der Waals surface area (Å²) in [6.45, 7) is 7.33. The van der Waals surface area contributed by atoms with Gasteiger partial charge in [0.05, 0.1) is 22.3 Å². The minimum absolute atomic E-state index is 0.0357. The molecule has 16 heteroatoms. The smallest absolute Gasteiger partial charge is 0.265 e. The summed E-state index contributed by atoms with van der Waals surface area (Å²) >= 11 is 0. The number of nitriles is 1. The summed E-state index contributed by atoms with van der Waals surface area (Å²) in [5.74, 6) is -1.19. The largest absolute Gasteiger partial charge is 0.453 e. The van der Waals surface area contributed by atoms with Crippen LogP contribution in [-0.4, -0.2) is 108 Å². The molecule has 5 aliphatic heterocycles. The third-order valence-corrected chi connectivity index (χ3v) is 12.8. The van der Waals surface area contributed by atoms with Crippen molar-refractivity contribution in [2.45, 2.75) is 38.0 Å². The molecular weight excluding hydrogens is 797 g/mol. The van der Waals surface area contributed by atoms with E-state index in [1.807, 2.05) is 42.5 Å². The van der Waals surface area contributed by atoms with E-state index in [0.717, 1.165) is 62.8 Å². The van der Waals surface area contributed by atoms with Crippen LogP contribution < -0.4 is 30.3 Å². The summed E-state index contributed by atoms with van der Waals surface area (Å²) in [4.78, 5) is 65.9. The lowest BCUT2D eigenvalue weighted by atomic mass is 9.97. The summed E-state index contributed by atoms with van der Waals surface area (Å²) in [6, 6.07) is 22.4. The highest BCUT2D eigenvalue weighted by atomic mass is 19.1. The molecule has 316 valence electrons. The summed E-state index contributed by atoms with van der Waals surface area (Å²) < 4.78 is 36.4. The van der Waals surface area contributed by atoms with Crippen LogP contribution >= 0.6 is 0 Å². The maximum Gasteiger partial charge on any atom is 0.265 e. The van der Waals surface area contributed by atoms with E-state index in [4.69, 9.17) is 4.74 Å². The number of piperidine rings is 1. The number of hydrogen-bond donors (Lipinski definition) is 1. The van der Waals surface area contributed by atoms with Gasteiger partial charge in [-0.2, -0.15) is 5.26 Å². The number of hydrogen-bond acceptors (Lipinski definition) is 11. The monoisotopic (exact) mass is 839 g/mol. The minimum atomic E-state index is -1.03. The van der Waals surface area contributed by atoms with Crippen molar-refractivity contribution in [3.63, 3.8) is 0 Å². The zero-order chi connectivity index (χ0) is 42.6. The van der Waals surface area contributed by atoms with E-state index in [-0.39, 0.29) is 52.8 Å². The Labute approximate surface area is 355 Å². The zero-order valence-corrected chi connectivity index (χ0v) is 33.8. The Hall–Kier alpha value is -6.86. The highest BCUT2D eigenvalue weighted by molar-refractivity contribution is 6.05. The summed E-state index contributed by atoms with van der Waals surface area (Å²) in [7, 11) is 0. The van der Waals surface area contributed by atoms with E-state index in [0.29, 0.717) is 54.3 Å². The number of amides is 3. The summed E-state index contributed by atoms with van der Waals surface area (Å²) in [6.07, 6.45) is 1.36. The number of nitrogens with zero attached hydrogens (tertiary/aromatic N) is 8. The number of aromatic nitrogens is 2. The van der Waals surface area contributed by atoms with Gasteiger partial charge in [0.2, 0.25) is 11.8 Å². The molecule has 1 N–H and O–H groups in total. The van der Waals surface area contributed by atoms with Gasteiger partial charge in [-0.15, -0.1) is 0 Å². The first-order valence-corrected chi connectivity index (χ1v) is 21.0. The standard InChI is InChI=1S/C46H43F2N9O5/c47-30-13-14-54(26-30)40-10-8-38(48)43(37(40)21-49)62-34-6-9-39-36(20-34)46(61)57(27-50-39)32-3-1-31(2-4-32)53-17-15-52(16-18-53)22-28-23-55(24-28)33-5-7-35-29(19-33)25-56(45(35)60)41-11-12-42(58)51-44(41)59/h1-10,19-20,27-28,30,41H,11-18,22-26H2,(H,51,58,59)/t30-,41-/m0/s1. The van der Waals surface area contributed by atoms with Crippen molar-refractivity contribution >= 4 is 45.7 Å². The van der Waals surface area contributed by atoms with Crippen LogP contribution in [0.15, 0.2) is 83.9 Å². The van der Waals surface area contributed by atoms with E-state index in [9.17, 15) is 28.8 Å². The molecule has 0 saturated carbocycles. The van der Waals surface area contributed by atoms with E-state index in [1.54, 1.807) is 21.9 Å². The van der Waals surface area contributed by atoms with Gasteiger partial charge in [-0.05, 0) is 91.2 Å². The second-order valence-electron chi connectivity index (χ2n) is 16.7. The average Bonchev–Trinajstić information content (AvgIpc) is 3.85. The molecule has 62 heavy (non-hydrogen) atoms. The van der Waals surface area contributed by atoms with Crippen molar-refractivity contribution in [2.24, 2.45) is 5.92 Å². The van der Waals surface area contributed by atoms with Crippen molar-refractivity contribution in [1.82, 2.24) is 24.7 Å². The number of fused-ring (bicyclic) bond motifs is 2. The van der Waals surface area contributed by atoms with Gasteiger partial charge < -0.3 is 24.3 Å². The van der Waals surface area contributed by atoms with Crippen molar-refractivity contribution in [1.29, 1.82) is 5.26 Å². The fraction of sp³-hybridized carbons (Fsp3) is 0.348. The van der Waals surface area contributed by atoms with Crippen LogP contribution in [0.2, 0.25) is 0 Å². The Kier molecular flexibility index (Phi) is 10.1. The molecule has 0 aliphatic carbocycles. The molecule has 5 aromatic rings. The first-order chi connectivity index (χ1) is 30.1. The van der Waals surface area contributed by atoms with Crippen LogP contribution in [0.5, 0.6) is 11.5 Å². The number of benzene rings is 4. The summed E-state index contributed by atoms with van der Waals surface area (Å²) in [5.41, 5.74) is 4.77. The molecule has 4 saturated heterocycles. The number of ether oxygens (including phenoxy) is 1. The predicted octanol–water partition coefficient (Wildman–Crippen LogP) is 4.76. The Morgan fingerprint density at radius 2 is 1.60 bits per heavy atom. The van der Waals surface area contributed by atoms with Crippen LogP contribution in [0.1, 0.15) is 40.7 Å². The average molecular weight is 840 g/mol. The number of anilines is 3. The van der Waals surface area contributed by atoms with Crippen LogP contribution in [0.4, 0.5) is 25.8 Å². The quantitative estimate of drug-likeness (QED) is 0.205. The molecule has 6 heterocycles. The number of nitrogens with one attached hydrogen (secondary N) is 1. The highest BCUT2D eigenvalue weighted by Crippen LogP contribution is 2.37. The van der Waals surface area contributed by atoms with E-state index >= 15 is 4.39 Å². The van der Waals surface area contributed by atoms with Crippen LogP contribution in [0.25, 0.3) is 16.6 Å². The van der Waals surface area contributed by atoms with Gasteiger partial charge in [0.1, 0.15) is 35.9 Å². The van der Waals surface area contributed by atoms with Crippen molar-refractivity contribution in [3.8, 4) is 23.3 Å². The molecule has 1 aromatic heterocycles. The predicted molar refractivity (Wildman–Crippen MR) is 227 cm³/mol. The maximum absolute atomic E-state index is 15.1. The Bertz CT molecular complexity index is 2720. The Morgan fingerprint density at radius 3 is 2.34 bits per heavy atom. The molecule has 4 fully saturated rings. The molecule has 2 atom stereocenters. The van der Waals surface area contributed by atoms with Gasteiger partial charge >= 0.3 is 0 Å². The molecule has 0 bridgehead atoms. The molecule has 10 rings (SSSR count). The lowest BCUT2D eigenvalue weighted by molar-refractivity contribution is -0.136. The number of piperazine rings is 1. The number of rotatable bonds is 9. The number of imide groups is 1. The van der Waals surface area contributed by atoms with Gasteiger partial charge in [-0.3, -0.25) is 34.0 Å². The molecule has 4 aromatic carbocycles. The van der Waals surface area contributed by atoms with Gasteiger partial charge in [-0.1, -0.05) is 0 Å². The van der Waals surface area contributed by atoms with Gasteiger partial charge in [0.15, 0.2) is 11.6 Å². The normalized spacial score (nSPS) is 20.7. The molecule has 0 unspecified atom stereocenters. The minimum Gasteiger partial charge on any atom is -0.453 e. The number of halogens is 2. The number of carbonyl (C=O) groups excluding carboxylic acids is 3.